The zero-order valence-corrected chi connectivity index (χ0v) is 28.6. The number of amides is 4. The van der Waals surface area contributed by atoms with Gasteiger partial charge in [-0.05, 0) is 53.3 Å². The second-order valence-electron chi connectivity index (χ2n) is 13.9. The summed E-state index contributed by atoms with van der Waals surface area (Å²) >= 11 is 0. The van der Waals surface area contributed by atoms with Gasteiger partial charge in [0, 0.05) is 88.7 Å². The first-order valence-electron chi connectivity index (χ1n) is 18.1. The number of carbonyl (C=O) groups excluding carboxylic acids is 4. The second kappa shape index (κ2) is 11.9. The van der Waals surface area contributed by atoms with E-state index in [1.807, 2.05) is 43.3 Å². The molecule has 0 atom stereocenters. The van der Waals surface area contributed by atoms with Crippen molar-refractivity contribution in [1.29, 1.82) is 0 Å². The molecule has 0 spiro atoms. The molecule has 4 aliphatic rings. The molecule has 0 saturated carbocycles. The molecule has 2 fully saturated rings. The average Bonchev–Trinajstić information content (AvgIpc) is 3.15. The summed E-state index contributed by atoms with van der Waals surface area (Å²) in [4.78, 5) is 64.2. The maximum absolute atomic E-state index is 14.4. The third kappa shape index (κ3) is 4.34. The Kier molecular flexibility index (Phi) is 7.44. The Bertz CT molecular complexity index is 2130. The Balaban J connectivity index is 1.45. The highest BCUT2D eigenvalue weighted by molar-refractivity contribution is 6.44. The van der Waals surface area contributed by atoms with Crippen LogP contribution < -0.4 is 9.80 Å². The summed E-state index contributed by atoms with van der Waals surface area (Å²) in [6.07, 6.45) is 3.21. The molecule has 0 unspecified atom stereocenters. The number of ether oxygens (including phenoxy) is 2. The summed E-state index contributed by atoms with van der Waals surface area (Å²) in [5, 5.41) is 6.80. The topological polar surface area (TPSA) is 99.7 Å². The number of hydrogen-bond donors (Lipinski definition) is 0. The van der Waals surface area contributed by atoms with Crippen LogP contribution in [0.15, 0.2) is 36.4 Å². The minimum absolute atomic E-state index is 0.263. The van der Waals surface area contributed by atoms with Gasteiger partial charge in [-0.3, -0.25) is 29.0 Å². The first-order chi connectivity index (χ1) is 24.4. The first kappa shape index (κ1) is 31.2. The number of imide groups is 2. The van der Waals surface area contributed by atoms with Gasteiger partial charge in [0.05, 0.1) is 37.6 Å². The molecule has 4 aliphatic heterocycles. The van der Waals surface area contributed by atoms with Gasteiger partial charge in [0.2, 0.25) is 0 Å². The summed E-state index contributed by atoms with van der Waals surface area (Å²) < 4.78 is 11.5. The lowest BCUT2D eigenvalue weighted by molar-refractivity contribution is 0.0593. The van der Waals surface area contributed by atoms with E-state index in [1.165, 1.54) is 9.80 Å². The number of rotatable bonds is 8. The predicted octanol–water partition coefficient (Wildman–Crippen LogP) is 6.20. The van der Waals surface area contributed by atoms with E-state index < -0.39 is 0 Å². The lowest BCUT2D eigenvalue weighted by Crippen LogP contribution is -2.42. The Hall–Kier alpha value is -4.80. The Morgan fingerprint density at radius 3 is 1.32 bits per heavy atom. The van der Waals surface area contributed by atoms with Gasteiger partial charge in [-0.25, -0.2) is 0 Å². The van der Waals surface area contributed by atoms with Gasteiger partial charge in [-0.2, -0.15) is 0 Å². The molecule has 10 nitrogen and oxygen atoms in total. The quantitative estimate of drug-likeness (QED) is 0.109. The minimum Gasteiger partial charge on any atom is -0.378 e. The van der Waals surface area contributed by atoms with Crippen LogP contribution in [-0.4, -0.2) is 99.1 Å². The number of morpholine rings is 2. The van der Waals surface area contributed by atoms with Crippen molar-refractivity contribution in [2.75, 3.05) is 75.5 Å². The number of nitrogens with zero attached hydrogens (tertiary/aromatic N) is 4. The molecular weight excluding hydrogens is 632 g/mol. The fourth-order valence-electron chi connectivity index (χ4n) is 8.67. The van der Waals surface area contributed by atoms with Gasteiger partial charge in [-0.1, -0.05) is 38.8 Å². The number of anilines is 2. The van der Waals surface area contributed by atoms with E-state index in [0.717, 1.165) is 69.4 Å². The zero-order chi connectivity index (χ0) is 34.3. The first-order valence-corrected chi connectivity index (χ1v) is 18.1. The number of fused-ring (bicyclic) bond motifs is 2. The van der Waals surface area contributed by atoms with Crippen LogP contribution in [0, 0.1) is 0 Å². The van der Waals surface area contributed by atoms with E-state index in [0.29, 0.717) is 98.7 Å². The van der Waals surface area contributed by atoms with Crippen molar-refractivity contribution in [3.8, 4) is 0 Å². The summed E-state index contributed by atoms with van der Waals surface area (Å²) in [5.74, 6) is -1.05. The molecule has 2 saturated heterocycles. The van der Waals surface area contributed by atoms with E-state index in [-0.39, 0.29) is 23.6 Å². The van der Waals surface area contributed by atoms with Gasteiger partial charge in [0.15, 0.2) is 0 Å². The second-order valence-corrected chi connectivity index (χ2v) is 13.9. The highest BCUT2D eigenvalue weighted by Crippen LogP contribution is 2.52. The van der Waals surface area contributed by atoms with E-state index in [9.17, 15) is 19.2 Å². The summed E-state index contributed by atoms with van der Waals surface area (Å²) in [6, 6.07) is 11.7. The molecular formula is C40H40N4O6. The molecule has 0 radical (unpaired) electrons. The monoisotopic (exact) mass is 672 g/mol. The minimum atomic E-state index is -0.263. The maximum Gasteiger partial charge on any atom is 0.261 e. The van der Waals surface area contributed by atoms with Crippen LogP contribution in [0.3, 0.4) is 0 Å². The van der Waals surface area contributed by atoms with E-state index >= 15 is 0 Å². The summed E-state index contributed by atoms with van der Waals surface area (Å²) in [5.41, 5.74) is 3.95. The van der Waals surface area contributed by atoms with Gasteiger partial charge in [0.25, 0.3) is 23.6 Å². The molecule has 5 aromatic rings. The third-order valence-electron chi connectivity index (χ3n) is 11.1. The normalized spacial score (nSPS) is 18.3. The molecule has 256 valence electrons. The molecule has 4 amide bonds. The van der Waals surface area contributed by atoms with Gasteiger partial charge in [0.1, 0.15) is 0 Å². The van der Waals surface area contributed by atoms with Crippen molar-refractivity contribution in [1.82, 2.24) is 9.80 Å². The zero-order valence-electron chi connectivity index (χ0n) is 28.6. The smallest absolute Gasteiger partial charge is 0.261 e. The van der Waals surface area contributed by atoms with Crippen molar-refractivity contribution < 1.29 is 28.7 Å². The van der Waals surface area contributed by atoms with Gasteiger partial charge < -0.3 is 19.3 Å². The van der Waals surface area contributed by atoms with Gasteiger partial charge in [-0.15, -0.1) is 0 Å². The molecule has 0 aliphatic carbocycles. The van der Waals surface area contributed by atoms with Crippen LogP contribution >= 0.6 is 0 Å². The Morgan fingerprint density at radius 2 is 0.900 bits per heavy atom. The Morgan fingerprint density at radius 1 is 0.500 bits per heavy atom. The van der Waals surface area contributed by atoms with Crippen molar-refractivity contribution in [3.63, 3.8) is 0 Å². The van der Waals surface area contributed by atoms with Gasteiger partial charge >= 0.3 is 0 Å². The highest BCUT2D eigenvalue weighted by Gasteiger charge is 2.39. The van der Waals surface area contributed by atoms with Crippen LogP contribution in [0.1, 0.15) is 81.0 Å². The highest BCUT2D eigenvalue weighted by atomic mass is 16.5. The molecule has 10 heteroatoms. The van der Waals surface area contributed by atoms with Crippen molar-refractivity contribution in [3.05, 3.63) is 58.7 Å². The van der Waals surface area contributed by atoms with Crippen LogP contribution in [0.25, 0.3) is 43.1 Å². The number of unbranched alkanes of at least 4 members (excludes halogenated alkanes) is 2. The number of carbonyl (C=O) groups is 4. The fraction of sp³-hybridized carbons (Fsp3) is 0.400. The van der Waals surface area contributed by atoms with E-state index in [4.69, 9.17) is 9.47 Å². The molecule has 0 bridgehead atoms. The van der Waals surface area contributed by atoms with E-state index in [1.54, 1.807) is 0 Å². The number of benzene rings is 5. The fourth-order valence-corrected chi connectivity index (χ4v) is 8.67. The standard InChI is InChI=1S/C40H40N4O6/c1-3-5-11-43-37(45)25-9-7-23-31-24(8-10-26(32(25)31)38(43)46)35-30(42-15-19-50-20-16-42)22-28-33-27(39(47)44(40(28)48)12-6-4-2)21-29(34(23)36(33)35)41-13-17-49-18-14-41/h7-10,21-22H,3-6,11-20H2,1-2H3. The predicted molar refractivity (Wildman–Crippen MR) is 194 cm³/mol. The van der Waals surface area contributed by atoms with Crippen LogP contribution in [0.5, 0.6) is 0 Å². The molecule has 0 aromatic heterocycles. The molecule has 0 N–H and O–H groups in total. The molecule has 50 heavy (non-hydrogen) atoms. The van der Waals surface area contributed by atoms with Crippen molar-refractivity contribution >= 4 is 78.1 Å². The number of hydrogen-bond acceptors (Lipinski definition) is 8. The van der Waals surface area contributed by atoms with Crippen LogP contribution in [0.2, 0.25) is 0 Å². The largest absolute Gasteiger partial charge is 0.378 e. The van der Waals surface area contributed by atoms with Crippen molar-refractivity contribution in [2.24, 2.45) is 0 Å². The summed E-state index contributed by atoms with van der Waals surface area (Å²) in [6.45, 7) is 9.66. The Labute approximate surface area is 289 Å². The summed E-state index contributed by atoms with van der Waals surface area (Å²) in [7, 11) is 0. The molecule has 9 rings (SSSR count). The third-order valence-corrected chi connectivity index (χ3v) is 11.1. The van der Waals surface area contributed by atoms with E-state index in [2.05, 4.69) is 16.7 Å². The molecule has 5 aromatic carbocycles. The average molecular weight is 673 g/mol. The lowest BCUT2D eigenvalue weighted by atomic mass is 9.80. The SMILES string of the molecule is CCCCN1C(=O)c2ccc3c4c(N5CCOCC5)cc5c6c(cc(N7CCOCC7)c(c7ccc(c2c37)C1=O)c64)C(=O)N(CCCC)C5=O. The van der Waals surface area contributed by atoms with Crippen molar-refractivity contribution in [2.45, 2.75) is 39.5 Å². The maximum atomic E-state index is 14.4. The molecule has 4 heterocycles. The lowest BCUT2D eigenvalue weighted by Gasteiger charge is -2.36. The van der Waals surface area contributed by atoms with Crippen LogP contribution in [0.4, 0.5) is 11.4 Å². The van der Waals surface area contributed by atoms with Crippen LogP contribution in [-0.2, 0) is 9.47 Å².